The highest BCUT2D eigenvalue weighted by Gasteiger charge is 2.28. The zero-order chi connectivity index (χ0) is 21.1. The molecule has 30 heavy (non-hydrogen) atoms. The van der Waals surface area contributed by atoms with Gasteiger partial charge in [0, 0.05) is 43.1 Å². The van der Waals surface area contributed by atoms with Crippen molar-refractivity contribution in [1.29, 1.82) is 0 Å². The number of carbonyl (C=O) groups excluding carboxylic acids is 1. The van der Waals surface area contributed by atoms with E-state index in [0.29, 0.717) is 24.6 Å². The number of piperidine rings is 1. The number of sulfonamides is 1. The summed E-state index contributed by atoms with van der Waals surface area (Å²) in [5, 5.41) is 2.89. The Morgan fingerprint density at radius 2 is 1.50 bits per heavy atom. The third-order valence-corrected chi connectivity index (χ3v) is 8.01. The molecule has 2 aliphatic heterocycles. The molecule has 0 unspecified atom stereocenters. The Labute approximate surface area is 178 Å². The number of amides is 1. The van der Waals surface area contributed by atoms with Crippen molar-refractivity contribution in [1.82, 2.24) is 4.31 Å². The van der Waals surface area contributed by atoms with Gasteiger partial charge in [-0.25, -0.2) is 8.42 Å². The molecule has 2 saturated heterocycles. The van der Waals surface area contributed by atoms with Crippen LogP contribution in [0.15, 0.2) is 53.4 Å². The molecule has 2 fully saturated rings. The first kappa shape index (κ1) is 20.9. The molecule has 0 saturated carbocycles. The van der Waals surface area contributed by atoms with E-state index in [4.69, 9.17) is 0 Å². The van der Waals surface area contributed by atoms with E-state index in [9.17, 15) is 13.2 Å². The van der Waals surface area contributed by atoms with Gasteiger partial charge >= 0.3 is 0 Å². The van der Waals surface area contributed by atoms with Gasteiger partial charge in [0.15, 0.2) is 0 Å². The van der Waals surface area contributed by atoms with Crippen molar-refractivity contribution in [3.63, 3.8) is 0 Å². The van der Waals surface area contributed by atoms with Crippen LogP contribution in [0, 0.1) is 5.92 Å². The van der Waals surface area contributed by atoms with Crippen molar-refractivity contribution in [2.75, 3.05) is 36.4 Å². The summed E-state index contributed by atoms with van der Waals surface area (Å²) in [6.45, 7) is 5.42. The third kappa shape index (κ3) is 4.52. The van der Waals surface area contributed by atoms with Crippen molar-refractivity contribution in [3.05, 3.63) is 54.1 Å². The minimum Gasteiger partial charge on any atom is -0.372 e. The van der Waals surface area contributed by atoms with Gasteiger partial charge in [-0.1, -0.05) is 6.92 Å². The summed E-state index contributed by atoms with van der Waals surface area (Å²) in [7, 11) is -3.50. The van der Waals surface area contributed by atoms with Crippen molar-refractivity contribution >= 4 is 27.3 Å². The van der Waals surface area contributed by atoms with Crippen LogP contribution >= 0.6 is 0 Å². The molecular formula is C23H29N3O3S. The molecule has 0 atom stereocenters. The van der Waals surface area contributed by atoms with Crippen LogP contribution in [0.5, 0.6) is 0 Å². The van der Waals surface area contributed by atoms with E-state index in [1.165, 1.54) is 30.7 Å². The number of hydrogen-bond acceptors (Lipinski definition) is 4. The highest BCUT2D eigenvalue weighted by Crippen LogP contribution is 2.25. The van der Waals surface area contributed by atoms with Crippen LogP contribution in [0.1, 0.15) is 43.0 Å². The van der Waals surface area contributed by atoms with Crippen LogP contribution in [0.4, 0.5) is 11.4 Å². The molecule has 0 aliphatic carbocycles. The number of anilines is 2. The number of nitrogens with zero attached hydrogens (tertiary/aromatic N) is 2. The third-order valence-electron chi connectivity index (χ3n) is 6.09. The number of rotatable bonds is 5. The van der Waals surface area contributed by atoms with Crippen molar-refractivity contribution < 1.29 is 13.2 Å². The molecule has 2 heterocycles. The minimum absolute atomic E-state index is 0.239. The highest BCUT2D eigenvalue weighted by molar-refractivity contribution is 7.89. The van der Waals surface area contributed by atoms with Gasteiger partial charge in [-0.3, -0.25) is 4.79 Å². The second-order valence-corrected chi connectivity index (χ2v) is 10.2. The lowest BCUT2D eigenvalue weighted by atomic mass is 10.0. The van der Waals surface area contributed by atoms with Crippen LogP contribution in [-0.4, -0.2) is 44.8 Å². The summed E-state index contributed by atoms with van der Waals surface area (Å²) in [5.74, 6) is 0.312. The largest absolute Gasteiger partial charge is 0.372 e. The standard InChI is InChI=1S/C23H29N3O3S/c1-18-12-16-26(17-13-18)30(28,29)22-10-4-19(5-11-22)23(27)24-20-6-8-21(9-7-20)25-14-2-3-15-25/h4-11,18H,2-3,12-17H2,1H3,(H,24,27). The lowest BCUT2D eigenvalue weighted by Crippen LogP contribution is -2.37. The van der Waals surface area contributed by atoms with Gasteiger partial charge < -0.3 is 10.2 Å². The predicted octanol–water partition coefficient (Wildman–Crippen LogP) is 3.96. The first-order valence-electron chi connectivity index (χ1n) is 10.7. The lowest BCUT2D eigenvalue weighted by molar-refractivity contribution is 0.102. The Kier molecular flexibility index (Phi) is 6.11. The first-order chi connectivity index (χ1) is 14.4. The second-order valence-electron chi connectivity index (χ2n) is 8.31. The molecule has 0 spiro atoms. The predicted molar refractivity (Wildman–Crippen MR) is 119 cm³/mol. The van der Waals surface area contributed by atoms with Crippen LogP contribution in [0.3, 0.4) is 0 Å². The highest BCUT2D eigenvalue weighted by atomic mass is 32.2. The smallest absolute Gasteiger partial charge is 0.255 e. The molecule has 6 nitrogen and oxygen atoms in total. The van der Waals surface area contributed by atoms with Crippen molar-refractivity contribution in [2.24, 2.45) is 5.92 Å². The fourth-order valence-electron chi connectivity index (χ4n) is 4.09. The van der Waals surface area contributed by atoms with E-state index in [1.54, 1.807) is 16.4 Å². The van der Waals surface area contributed by atoms with Crippen molar-refractivity contribution in [2.45, 2.75) is 37.5 Å². The van der Waals surface area contributed by atoms with Crippen LogP contribution in [0.2, 0.25) is 0 Å². The maximum absolute atomic E-state index is 12.8. The minimum atomic E-state index is -3.50. The topological polar surface area (TPSA) is 69.7 Å². The molecule has 2 aromatic carbocycles. The summed E-state index contributed by atoms with van der Waals surface area (Å²) in [6, 6.07) is 14.1. The Bertz CT molecular complexity index is 973. The Balaban J connectivity index is 1.40. The zero-order valence-electron chi connectivity index (χ0n) is 17.4. The average Bonchev–Trinajstić information content (AvgIpc) is 3.30. The lowest BCUT2D eigenvalue weighted by Gasteiger charge is -2.29. The molecule has 2 aliphatic rings. The molecule has 0 radical (unpaired) electrons. The van der Waals surface area contributed by atoms with Gasteiger partial charge in [0.05, 0.1) is 4.90 Å². The maximum Gasteiger partial charge on any atom is 0.255 e. The molecule has 0 aromatic heterocycles. The normalized spacial score (nSPS) is 18.5. The Morgan fingerprint density at radius 3 is 2.10 bits per heavy atom. The monoisotopic (exact) mass is 427 g/mol. The molecule has 1 amide bonds. The molecule has 160 valence electrons. The zero-order valence-corrected chi connectivity index (χ0v) is 18.2. The van der Waals surface area contributed by atoms with E-state index < -0.39 is 10.0 Å². The first-order valence-corrected chi connectivity index (χ1v) is 12.1. The molecule has 7 heteroatoms. The summed E-state index contributed by atoms with van der Waals surface area (Å²) in [4.78, 5) is 15.2. The molecular weight excluding hydrogens is 398 g/mol. The van der Waals surface area contributed by atoms with Crippen molar-refractivity contribution in [3.8, 4) is 0 Å². The van der Waals surface area contributed by atoms with E-state index in [0.717, 1.165) is 31.6 Å². The molecule has 1 N–H and O–H groups in total. The summed E-state index contributed by atoms with van der Waals surface area (Å²) >= 11 is 0. The van der Waals surface area contributed by atoms with Gasteiger partial charge in [0.2, 0.25) is 10.0 Å². The average molecular weight is 428 g/mol. The summed E-state index contributed by atoms with van der Waals surface area (Å²) in [6.07, 6.45) is 4.22. The van der Waals surface area contributed by atoms with Crippen LogP contribution in [-0.2, 0) is 10.0 Å². The molecule has 0 bridgehead atoms. The van der Waals surface area contributed by atoms with Crippen LogP contribution in [0.25, 0.3) is 0 Å². The van der Waals surface area contributed by atoms with Gasteiger partial charge in [-0.2, -0.15) is 4.31 Å². The van der Waals surface area contributed by atoms with E-state index in [1.807, 2.05) is 24.3 Å². The summed E-state index contributed by atoms with van der Waals surface area (Å²) < 4.78 is 27.2. The van der Waals surface area contributed by atoms with E-state index >= 15 is 0 Å². The Hall–Kier alpha value is -2.38. The Morgan fingerprint density at radius 1 is 0.900 bits per heavy atom. The fourth-order valence-corrected chi connectivity index (χ4v) is 5.56. The number of hydrogen-bond donors (Lipinski definition) is 1. The van der Waals surface area contributed by atoms with Gasteiger partial charge in [0.25, 0.3) is 5.91 Å². The fraction of sp³-hybridized carbons (Fsp3) is 0.435. The van der Waals surface area contributed by atoms with Gasteiger partial charge in [0.1, 0.15) is 0 Å². The summed E-state index contributed by atoms with van der Waals surface area (Å²) in [5.41, 5.74) is 2.33. The number of nitrogens with one attached hydrogen (secondary N) is 1. The van der Waals surface area contributed by atoms with Gasteiger partial charge in [-0.05, 0) is 80.1 Å². The second kappa shape index (κ2) is 8.78. The van der Waals surface area contributed by atoms with Gasteiger partial charge in [-0.15, -0.1) is 0 Å². The molecule has 4 rings (SSSR count). The van der Waals surface area contributed by atoms with E-state index in [2.05, 4.69) is 17.1 Å². The number of carbonyl (C=O) groups is 1. The quantitative estimate of drug-likeness (QED) is 0.784. The number of benzene rings is 2. The van der Waals surface area contributed by atoms with E-state index in [-0.39, 0.29) is 10.8 Å². The SMILES string of the molecule is CC1CCN(S(=O)(=O)c2ccc(C(=O)Nc3ccc(N4CCCC4)cc3)cc2)CC1. The van der Waals surface area contributed by atoms with Crippen LogP contribution < -0.4 is 10.2 Å². The maximum atomic E-state index is 12.8. The molecule has 2 aromatic rings.